The van der Waals surface area contributed by atoms with Gasteiger partial charge < -0.3 is 14.8 Å². The van der Waals surface area contributed by atoms with Crippen LogP contribution in [-0.2, 0) is 13.5 Å². The number of aromatic nitrogens is 2. The molecule has 3 rings (SSSR count). The SMILES string of the molecule is COc1ccc2c(c1)OC[C@H](N[C@H](C)c1cnn(C)c1)C2. The van der Waals surface area contributed by atoms with E-state index in [4.69, 9.17) is 9.47 Å². The topological polar surface area (TPSA) is 48.3 Å². The molecule has 2 heterocycles. The molecular formula is C16H21N3O2. The molecule has 0 aliphatic carbocycles. The Morgan fingerprint density at radius 2 is 2.33 bits per heavy atom. The number of hydrogen-bond acceptors (Lipinski definition) is 4. The van der Waals surface area contributed by atoms with Crippen molar-refractivity contribution in [3.05, 3.63) is 41.7 Å². The summed E-state index contributed by atoms with van der Waals surface area (Å²) in [5, 5.41) is 7.83. The molecule has 5 nitrogen and oxygen atoms in total. The highest BCUT2D eigenvalue weighted by molar-refractivity contribution is 5.42. The Labute approximate surface area is 124 Å². The van der Waals surface area contributed by atoms with Gasteiger partial charge in [0, 0.05) is 37.0 Å². The summed E-state index contributed by atoms with van der Waals surface area (Å²) in [6, 6.07) is 6.58. The lowest BCUT2D eigenvalue weighted by Gasteiger charge is -2.28. The molecule has 2 aromatic rings. The van der Waals surface area contributed by atoms with Crippen LogP contribution in [0, 0.1) is 0 Å². The molecule has 1 aliphatic heterocycles. The monoisotopic (exact) mass is 287 g/mol. The van der Waals surface area contributed by atoms with Gasteiger partial charge >= 0.3 is 0 Å². The third-order valence-corrected chi connectivity index (χ3v) is 3.89. The molecule has 1 aromatic carbocycles. The van der Waals surface area contributed by atoms with Gasteiger partial charge in [-0.2, -0.15) is 5.10 Å². The molecule has 0 unspecified atom stereocenters. The molecule has 0 bridgehead atoms. The second kappa shape index (κ2) is 5.77. The third kappa shape index (κ3) is 3.03. The molecular weight excluding hydrogens is 266 g/mol. The first kappa shape index (κ1) is 13.9. The van der Waals surface area contributed by atoms with E-state index in [9.17, 15) is 0 Å². The predicted molar refractivity (Wildman–Crippen MR) is 80.7 cm³/mol. The number of nitrogens with zero attached hydrogens (tertiary/aromatic N) is 2. The first-order valence-corrected chi connectivity index (χ1v) is 7.20. The molecule has 1 aromatic heterocycles. The molecule has 112 valence electrons. The van der Waals surface area contributed by atoms with Gasteiger partial charge in [0.25, 0.3) is 0 Å². The Morgan fingerprint density at radius 1 is 1.48 bits per heavy atom. The minimum Gasteiger partial charge on any atom is -0.497 e. The van der Waals surface area contributed by atoms with Gasteiger partial charge in [0.1, 0.15) is 18.1 Å². The van der Waals surface area contributed by atoms with Gasteiger partial charge in [0.15, 0.2) is 0 Å². The summed E-state index contributed by atoms with van der Waals surface area (Å²) in [6.07, 6.45) is 4.91. The Hall–Kier alpha value is -2.01. The van der Waals surface area contributed by atoms with Crippen LogP contribution in [0.4, 0.5) is 0 Å². The zero-order valence-corrected chi connectivity index (χ0v) is 12.7. The van der Waals surface area contributed by atoms with Crippen LogP contribution in [-0.4, -0.2) is 29.5 Å². The number of hydrogen-bond donors (Lipinski definition) is 1. The molecule has 0 saturated heterocycles. The van der Waals surface area contributed by atoms with Crippen molar-refractivity contribution in [2.24, 2.45) is 7.05 Å². The highest BCUT2D eigenvalue weighted by Gasteiger charge is 2.22. The fourth-order valence-electron chi connectivity index (χ4n) is 2.70. The van der Waals surface area contributed by atoms with Crippen molar-refractivity contribution in [1.29, 1.82) is 0 Å². The highest BCUT2D eigenvalue weighted by atomic mass is 16.5. The Kier molecular flexibility index (Phi) is 3.84. The minimum atomic E-state index is 0.257. The van der Waals surface area contributed by atoms with Crippen molar-refractivity contribution in [3.63, 3.8) is 0 Å². The van der Waals surface area contributed by atoms with Gasteiger partial charge in [-0.05, 0) is 25.0 Å². The van der Waals surface area contributed by atoms with Crippen molar-refractivity contribution >= 4 is 0 Å². The summed E-state index contributed by atoms with van der Waals surface area (Å²) in [5.41, 5.74) is 2.41. The van der Waals surface area contributed by atoms with Gasteiger partial charge in [-0.15, -0.1) is 0 Å². The molecule has 0 fully saturated rings. The standard InChI is InChI=1S/C16H21N3O2/c1-11(13-8-17-19(2)9-13)18-14-6-12-4-5-15(20-3)7-16(12)21-10-14/h4-5,7-9,11,14,18H,6,10H2,1-3H3/t11-,14-/m1/s1. The van der Waals surface area contributed by atoms with Gasteiger partial charge in [0.05, 0.1) is 13.3 Å². The average molecular weight is 287 g/mol. The Balaban J connectivity index is 1.66. The number of benzene rings is 1. The second-order valence-electron chi connectivity index (χ2n) is 5.52. The maximum absolute atomic E-state index is 5.86. The van der Waals surface area contributed by atoms with Gasteiger partial charge in [0.2, 0.25) is 0 Å². The van der Waals surface area contributed by atoms with Crippen LogP contribution >= 0.6 is 0 Å². The summed E-state index contributed by atoms with van der Waals surface area (Å²) in [4.78, 5) is 0. The van der Waals surface area contributed by atoms with Gasteiger partial charge in [-0.25, -0.2) is 0 Å². The van der Waals surface area contributed by atoms with E-state index in [2.05, 4.69) is 23.4 Å². The van der Waals surface area contributed by atoms with Crippen LogP contribution < -0.4 is 14.8 Å². The molecule has 2 atom stereocenters. The van der Waals surface area contributed by atoms with Crippen LogP contribution in [0.25, 0.3) is 0 Å². The van der Waals surface area contributed by atoms with E-state index < -0.39 is 0 Å². The third-order valence-electron chi connectivity index (χ3n) is 3.89. The predicted octanol–water partition coefficient (Wildman–Crippen LogP) is 2.08. The van der Waals surface area contributed by atoms with Crippen molar-refractivity contribution in [1.82, 2.24) is 15.1 Å². The largest absolute Gasteiger partial charge is 0.497 e. The van der Waals surface area contributed by atoms with Crippen LogP contribution in [0.1, 0.15) is 24.1 Å². The summed E-state index contributed by atoms with van der Waals surface area (Å²) >= 11 is 0. The lowest BCUT2D eigenvalue weighted by molar-refractivity contribution is 0.228. The molecule has 0 spiro atoms. The van der Waals surface area contributed by atoms with E-state index in [0.717, 1.165) is 17.9 Å². The lowest BCUT2D eigenvalue weighted by Crippen LogP contribution is -2.40. The smallest absolute Gasteiger partial charge is 0.126 e. The number of fused-ring (bicyclic) bond motifs is 1. The number of rotatable bonds is 4. The zero-order valence-electron chi connectivity index (χ0n) is 12.7. The van der Waals surface area contributed by atoms with Crippen LogP contribution in [0.5, 0.6) is 11.5 Å². The van der Waals surface area contributed by atoms with E-state index in [0.29, 0.717) is 12.6 Å². The van der Waals surface area contributed by atoms with E-state index >= 15 is 0 Å². The second-order valence-corrected chi connectivity index (χ2v) is 5.52. The molecule has 0 saturated carbocycles. The van der Waals surface area contributed by atoms with Crippen molar-refractivity contribution in [2.45, 2.75) is 25.4 Å². The molecule has 1 N–H and O–H groups in total. The maximum atomic E-state index is 5.86. The van der Waals surface area contributed by atoms with E-state index in [1.807, 2.05) is 36.3 Å². The van der Waals surface area contributed by atoms with Crippen molar-refractivity contribution in [3.8, 4) is 11.5 Å². The summed E-state index contributed by atoms with van der Waals surface area (Å²) in [5.74, 6) is 1.77. The first-order chi connectivity index (χ1) is 10.2. The van der Waals surface area contributed by atoms with Crippen molar-refractivity contribution in [2.75, 3.05) is 13.7 Å². The lowest BCUT2D eigenvalue weighted by atomic mass is 10.0. The normalized spacial score (nSPS) is 18.7. The molecule has 5 heteroatoms. The molecule has 0 radical (unpaired) electrons. The molecule has 0 amide bonds. The zero-order chi connectivity index (χ0) is 14.8. The first-order valence-electron chi connectivity index (χ1n) is 7.20. The van der Waals surface area contributed by atoms with Gasteiger partial charge in [-0.1, -0.05) is 6.07 Å². The Morgan fingerprint density at radius 3 is 3.05 bits per heavy atom. The summed E-state index contributed by atoms with van der Waals surface area (Å²) in [7, 11) is 3.61. The van der Waals surface area contributed by atoms with E-state index in [1.165, 1.54) is 11.1 Å². The van der Waals surface area contributed by atoms with E-state index in [-0.39, 0.29) is 6.04 Å². The van der Waals surface area contributed by atoms with Crippen LogP contribution in [0.15, 0.2) is 30.6 Å². The number of nitrogens with one attached hydrogen (secondary N) is 1. The minimum absolute atomic E-state index is 0.257. The maximum Gasteiger partial charge on any atom is 0.126 e. The van der Waals surface area contributed by atoms with Crippen molar-refractivity contribution < 1.29 is 9.47 Å². The number of aryl methyl sites for hydroxylation is 1. The Bertz CT molecular complexity index is 624. The van der Waals surface area contributed by atoms with E-state index in [1.54, 1.807) is 7.11 Å². The van der Waals surface area contributed by atoms with Gasteiger partial charge in [-0.3, -0.25) is 4.68 Å². The number of ether oxygens (including phenoxy) is 2. The fourth-order valence-corrected chi connectivity index (χ4v) is 2.70. The van der Waals surface area contributed by atoms with Crippen LogP contribution in [0.2, 0.25) is 0 Å². The van der Waals surface area contributed by atoms with Crippen LogP contribution in [0.3, 0.4) is 0 Å². The highest BCUT2D eigenvalue weighted by Crippen LogP contribution is 2.29. The summed E-state index contributed by atoms with van der Waals surface area (Å²) in [6.45, 7) is 2.82. The molecule has 21 heavy (non-hydrogen) atoms. The quantitative estimate of drug-likeness (QED) is 0.935. The number of methoxy groups -OCH3 is 1. The molecule has 1 aliphatic rings. The average Bonchev–Trinajstić information content (AvgIpc) is 2.93. The fraction of sp³-hybridized carbons (Fsp3) is 0.438. The summed E-state index contributed by atoms with van der Waals surface area (Å²) < 4.78 is 12.9.